The zero-order valence-electron chi connectivity index (χ0n) is 7.26. The van der Waals surface area contributed by atoms with Gasteiger partial charge in [0, 0.05) is 5.57 Å². The molecule has 0 bridgehead atoms. The Bertz CT molecular complexity index is 284. The van der Waals surface area contributed by atoms with Crippen molar-refractivity contribution in [2.24, 2.45) is 5.73 Å². The monoisotopic (exact) mass is 163 g/mol. The van der Waals surface area contributed by atoms with Gasteiger partial charge in [0.05, 0.1) is 0 Å². The third kappa shape index (κ3) is 1.84. The van der Waals surface area contributed by atoms with Gasteiger partial charge in [0.25, 0.3) is 0 Å². The van der Waals surface area contributed by atoms with E-state index in [1.807, 2.05) is 13.0 Å². The van der Waals surface area contributed by atoms with Crippen LogP contribution in [0.3, 0.4) is 0 Å². The maximum atomic E-state index is 10.8. The molecule has 0 aromatic rings. The first-order chi connectivity index (χ1) is 5.61. The number of carbonyl (C=O) groups excluding carboxylic acids is 1. The molecular formula is C10H13NO. The second-order valence-electron chi connectivity index (χ2n) is 3.01. The number of hydrogen-bond donors (Lipinski definition) is 1. The fourth-order valence-electron chi connectivity index (χ4n) is 1.19. The molecule has 2 N–H and O–H groups in total. The van der Waals surface area contributed by atoms with Gasteiger partial charge in [0.1, 0.15) is 0 Å². The lowest BCUT2D eigenvalue weighted by atomic mass is 9.96. The Labute approximate surface area is 72.5 Å². The van der Waals surface area contributed by atoms with Crippen molar-refractivity contribution in [2.45, 2.75) is 19.8 Å². The van der Waals surface area contributed by atoms with Crippen LogP contribution in [0, 0.1) is 0 Å². The van der Waals surface area contributed by atoms with E-state index in [0.717, 1.165) is 24.0 Å². The fraction of sp³-hybridized carbons (Fsp3) is 0.300. The lowest BCUT2D eigenvalue weighted by molar-refractivity contribution is -0.114. The predicted octanol–water partition coefficient (Wildman–Crippen LogP) is 1.69. The fourth-order valence-corrected chi connectivity index (χ4v) is 1.19. The smallest absolute Gasteiger partial charge is 0.244 e. The predicted molar refractivity (Wildman–Crippen MR) is 49.4 cm³/mol. The van der Waals surface area contributed by atoms with Gasteiger partial charge in [-0.05, 0) is 31.4 Å². The summed E-state index contributed by atoms with van der Waals surface area (Å²) in [7, 11) is 0. The summed E-state index contributed by atoms with van der Waals surface area (Å²) in [6.07, 6.45) is 5.55. The van der Waals surface area contributed by atoms with Crippen LogP contribution in [0.25, 0.3) is 0 Å². The summed E-state index contributed by atoms with van der Waals surface area (Å²) in [5.41, 5.74) is 7.89. The third-order valence-corrected chi connectivity index (χ3v) is 1.92. The maximum absolute atomic E-state index is 10.8. The van der Waals surface area contributed by atoms with Gasteiger partial charge in [0.15, 0.2) is 0 Å². The van der Waals surface area contributed by atoms with Crippen LogP contribution in [0.4, 0.5) is 0 Å². The van der Waals surface area contributed by atoms with Crippen LogP contribution in [0.2, 0.25) is 0 Å². The molecule has 2 heteroatoms. The van der Waals surface area contributed by atoms with Crippen molar-refractivity contribution in [3.63, 3.8) is 0 Å². The molecule has 1 amide bonds. The molecule has 64 valence electrons. The molecule has 0 unspecified atom stereocenters. The van der Waals surface area contributed by atoms with E-state index in [4.69, 9.17) is 5.73 Å². The molecule has 0 atom stereocenters. The number of primary amides is 1. The van der Waals surface area contributed by atoms with Gasteiger partial charge in [-0.2, -0.15) is 0 Å². The Morgan fingerprint density at radius 2 is 2.33 bits per heavy atom. The Morgan fingerprint density at radius 1 is 1.67 bits per heavy atom. The molecule has 0 heterocycles. The van der Waals surface area contributed by atoms with Crippen LogP contribution >= 0.6 is 0 Å². The van der Waals surface area contributed by atoms with E-state index in [2.05, 4.69) is 12.7 Å². The molecular weight excluding hydrogens is 150 g/mol. The van der Waals surface area contributed by atoms with Gasteiger partial charge in [-0.25, -0.2) is 0 Å². The van der Waals surface area contributed by atoms with Crippen molar-refractivity contribution in [1.82, 2.24) is 0 Å². The average Bonchev–Trinajstić information content (AvgIpc) is 2.04. The SMILES string of the molecule is C=C(C)C1=CCCC(C(N)=O)=C1. The summed E-state index contributed by atoms with van der Waals surface area (Å²) in [5.74, 6) is -0.318. The van der Waals surface area contributed by atoms with E-state index in [9.17, 15) is 4.79 Å². The number of nitrogens with two attached hydrogens (primary N) is 1. The van der Waals surface area contributed by atoms with Gasteiger partial charge in [-0.15, -0.1) is 0 Å². The highest BCUT2D eigenvalue weighted by molar-refractivity contribution is 5.93. The highest BCUT2D eigenvalue weighted by atomic mass is 16.1. The van der Waals surface area contributed by atoms with Crippen molar-refractivity contribution < 1.29 is 4.79 Å². The second-order valence-corrected chi connectivity index (χ2v) is 3.01. The number of amides is 1. The Kier molecular flexibility index (Phi) is 2.48. The molecule has 1 aliphatic carbocycles. The van der Waals surface area contributed by atoms with Crippen molar-refractivity contribution in [3.05, 3.63) is 35.5 Å². The number of hydrogen-bond acceptors (Lipinski definition) is 1. The number of carbonyl (C=O) groups is 1. The normalized spacial score (nSPS) is 16.4. The van der Waals surface area contributed by atoms with Gasteiger partial charge >= 0.3 is 0 Å². The molecule has 1 aliphatic rings. The summed E-state index contributed by atoms with van der Waals surface area (Å²) in [4.78, 5) is 10.8. The zero-order valence-corrected chi connectivity index (χ0v) is 7.26. The van der Waals surface area contributed by atoms with E-state index in [-0.39, 0.29) is 5.91 Å². The lowest BCUT2D eigenvalue weighted by Gasteiger charge is -2.10. The molecule has 0 spiro atoms. The standard InChI is InChI=1S/C10H13NO/c1-7(2)8-4-3-5-9(6-8)10(11)12/h4,6H,1,3,5H2,2H3,(H2,11,12). The topological polar surface area (TPSA) is 43.1 Å². The minimum Gasteiger partial charge on any atom is -0.366 e. The van der Waals surface area contributed by atoms with Crippen LogP contribution < -0.4 is 5.73 Å². The van der Waals surface area contributed by atoms with E-state index in [1.54, 1.807) is 0 Å². The first-order valence-electron chi connectivity index (χ1n) is 3.97. The van der Waals surface area contributed by atoms with Crippen LogP contribution in [0.15, 0.2) is 35.5 Å². The summed E-state index contributed by atoms with van der Waals surface area (Å²) in [5, 5.41) is 0. The first kappa shape index (κ1) is 8.78. The minimum absolute atomic E-state index is 0.318. The van der Waals surface area contributed by atoms with Crippen LogP contribution in [0.1, 0.15) is 19.8 Å². The Hall–Kier alpha value is -1.31. The Balaban J connectivity index is 2.88. The van der Waals surface area contributed by atoms with Gasteiger partial charge in [-0.1, -0.05) is 18.2 Å². The van der Waals surface area contributed by atoms with E-state index in [0.29, 0.717) is 5.57 Å². The lowest BCUT2D eigenvalue weighted by Crippen LogP contribution is -2.15. The molecule has 0 aromatic heterocycles. The Morgan fingerprint density at radius 3 is 2.83 bits per heavy atom. The van der Waals surface area contributed by atoms with Crippen molar-refractivity contribution in [3.8, 4) is 0 Å². The van der Waals surface area contributed by atoms with Crippen molar-refractivity contribution in [1.29, 1.82) is 0 Å². The molecule has 0 saturated carbocycles. The van der Waals surface area contributed by atoms with Crippen LogP contribution in [-0.4, -0.2) is 5.91 Å². The van der Waals surface area contributed by atoms with Crippen molar-refractivity contribution in [2.75, 3.05) is 0 Å². The van der Waals surface area contributed by atoms with E-state index in [1.165, 1.54) is 0 Å². The van der Waals surface area contributed by atoms with Gasteiger partial charge in [0.2, 0.25) is 5.91 Å². The van der Waals surface area contributed by atoms with Gasteiger partial charge in [-0.3, -0.25) is 4.79 Å². The molecule has 0 radical (unpaired) electrons. The average molecular weight is 163 g/mol. The van der Waals surface area contributed by atoms with E-state index < -0.39 is 0 Å². The summed E-state index contributed by atoms with van der Waals surface area (Å²) in [6.45, 7) is 5.73. The zero-order chi connectivity index (χ0) is 9.14. The quantitative estimate of drug-likeness (QED) is 0.661. The van der Waals surface area contributed by atoms with Crippen molar-refractivity contribution >= 4 is 5.91 Å². The number of allylic oxidation sites excluding steroid dienone is 4. The van der Waals surface area contributed by atoms with E-state index >= 15 is 0 Å². The minimum atomic E-state index is -0.318. The highest BCUT2D eigenvalue weighted by Crippen LogP contribution is 2.20. The summed E-state index contributed by atoms with van der Waals surface area (Å²) in [6, 6.07) is 0. The second kappa shape index (κ2) is 3.39. The molecule has 0 aliphatic heterocycles. The largest absolute Gasteiger partial charge is 0.366 e. The first-order valence-corrected chi connectivity index (χ1v) is 3.97. The maximum Gasteiger partial charge on any atom is 0.244 e. The molecule has 2 nitrogen and oxygen atoms in total. The molecule has 0 aromatic carbocycles. The van der Waals surface area contributed by atoms with Crippen LogP contribution in [-0.2, 0) is 4.79 Å². The number of rotatable bonds is 2. The molecule has 1 rings (SSSR count). The van der Waals surface area contributed by atoms with Crippen LogP contribution in [0.5, 0.6) is 0 Å². The van der Waals surface area contributed by atoms with Gasteiger partial charge < -0.3 is 5.73 Å². The highest BCUT2D eigenvalue weighted by Gasteiger charge is 2.09. The summed E-state index contributed by atoms with van der Waals surface area (Å²) < 4.78 is 0. The molecule has 0 fully saturated rings. The summed E-state index contributed by atoms with van der Waals surface area (Å²) >= 11 is 0. The third-order valence-electron chi connectivity index (χ3n) is 1.92. The molecule has 12 heavy (non-hydrogen) atoms. The molecule has 0 saturated heterocycles.